The number of carboxylic acid groups (broad SMARTS) is 1. The van der Waals surface area contributed by atoms with Crippen molar-refractivity contribution >= 4 is 16.0 Å². The van der Waals surface area contributed by atoms with E-state index in [1.54, 1.807) is 20.9 Å². The van der Waals surface area contributed by atoms with Crippen LogP contribution < -0.4 is 4.72 Å². The van der Waals surface area contributed by atoms with Gasteiger partial charge in [-0.1, -0.05) is 0 Å². The maximum atomic E-state index is 12.1. The molecule has 102 valence electrons. The summed E-state index contributed by atoms with van der Waals surface area (Å²) in [5.74, 6) is -1.05. The minimum absolute atomic E-state index is 0.113. The standard InChI is InChI=1S/C10H17N3O4S/c1-6(5-9(14)15)12-18(16,17)10-7(2)11-13(4)8(10)3/h6,12H,5H2,1-4H3,(H,14,15). The highest BCUT2D eigenvalue weighted by Crippen LogP contribution is 2.18. The van der Waals surface area contributed by atoms with Crippen molar-refractivity contribution < 1.29 is 18.3 Å². The lowest BCUT2D eigenvalue weighted by Crippen LogP contribution is -2.34. The molecule has 0 amide bonds. The zero-order chi connectivity index (χ0) is 14.1. The minimum Gasteiger partial charge on any atom is -0.481 e. The van der Waals surface area contributed by atoms with Crippen molar-refractivity contribution in [2.45, 2.75) is 38.1 Å². The molecule has 1 heterocycles. The summed E-state index contributed by atoms with van der Waals surface area (Å²) in [4.78, 5) is 10.6. The van der Waals surface area contributed by atoms with E-state index in [-0.39, 0.29) is 11.3 Å². The fourth-order valence-corrected chi connectivity index (χ4v) is 3.45. The number of aryl methyl sites for hydroxylation is 2. The maximum Gasteiger partial charge on any atom is 0.304 e. The molecule has 1 rings (SSSR count). The van der Waals surface area contributed by atoms with Crippen LogP contribution >= 0.6 is 0 Å². The molecule has 1 aromatic rings. The van der Waals surface area contributed by atoms with Crippen molar-refractivity contribution in [2.75, 3.05) is 0 Å². The number of rotatable bonds is 5. The van der Waals surface area contributed by atoms with Crippen LogP contribution in [0.25, 0.3) is 0 Å². The van der Waals surface area contributed by atoms with Gasteiger partial charge in [-0.05, 0) is 20.8 Å². The zero-order valence-electron chi connectivity index (χ0n) is 10.8. The topological polar surface area (TPSA) is 101 Å². The van der Waals surface area contributed by atoms with Crippen LogP contribution in [0.5, 0.6) is 0 Å². The van der Waals surface area contributed by atoms with Gasteiger partial charge in [0, 0.05) is 13.1 Å². The van der Waals surface area contributed by atoms with Gasteiger partial charge < -0.3 is 5.11 Å². The van der Waals surface area contributed by atoms with Crippen molar-refractivity contribution in [3.05, 3.63) is 11.4 Å². The van der Waals surface area contributed by atoms with Gasteiger partial charge in [0.15, 0.2) is 0 Å². The Balaban J connectivity index is 3.04. The Kier molecular flexibility index (Phi) is 4.12. The number of sulfonamides is 1. The third kappa shape index (κ3) is 3.08. The van der Waals surface area contributed by atoms with E-state index in [0.717, 1.165) is 0 Å². The van der Waals surface area contributed by atoms with Gasteiger partial charge in [0.1, 0.15) is 4.90 Å². The summed E-state index contributed by atoms with van der Waals surface area (Å²) in [6.07, 6.45) is -0.266. The molecule has 2 N–H and O–H groups in total. The van der Waals surface area contributed by atoms with Gasteiger partial charge in [-0.2, -0.15) is 5.10 Å². The normalized spacial score (nSPS) is 13.6. The van der Waals surface area contributed by atoms with E-state index < -0.39 is 22.0 Å². The maximum absolute atomic E-state index is 12.1. The fourth-order valence-electron chi connectivity index (χ4n) is 1.77. The van der Waals surface area contributed by atoms with Gasteiger partial charge in [-0.3, -0.25) is 9.48 Å². The molecule has 0 saturated carbocycles. The van der Waals surface area contributed by atoms with Crippen molar-refractivity contribution in [1.82, 2.24) is 14.5 Å². The molecule has 0 fully saturated rings. The largest absolute Gasteiger partial charge is 0.481 e. The van der Waals surface area contributed by atoms with Crippen LogP contribution in [0.15, 0.2) is 4.90 Å². The van der Waals surface area contributed by atoms with Crippen LogP contribution in [0.4, 0.5) is 0 Å². The fraction of sp³-hybridized carbons (Fsp3) is 0.600. The lowest BCUT2D eigenvalue weighted by Gasteiger charge is -2.12. The third-order valence-electron chi connectivity index (χ3n) is 2.55. The summed E-state index contributed by atoms with van der Waals surface area (Å²) in [6, 6.07) is -0.675. The summed E-state index contributed by atoms with van der Waals surface area (Å²) in [6.45, 7) is 4.76. The molecule has 1 aromatic heterocycles. The molecule has 0 aliphatic heterocycles. The Labute approximate surface area is 106 Å². The third-order valence-corrected chi connectivity index (χ3v) is 4.39. The molecule has 0 aliphatic rings. The highest BCUT2D eigenvalue weighted by atomic mass is 32.2. The molecular weight excluding hydrogens is 258 g/mol. The van der Waals surface area contributed by atoms with E-state index in [9.17, 15) is 13.2 Å². The Morgan fingerprint density at radius 3 is 2.44 bits per heavy atom. The SMILES string of the molecule is Cc1nn(C)c(C)c1S(=O)(=O)NC(C)CC(=O)O. The molecule has 0 bridgehead atoms. The number of hydrogen-bond donors (Lipinski definition) is 2. The number of carboxylic acids is 1. The average molecular weight is 275 g/mol. The van der Waals surface area contributed by atoms with Crippen LogP contribution in [0.2, 0.25) is 0 Å². The van der Waals surface area contributed by atoms with Gasteiger partial charge in [0.25, 0.3) is 0 Å². The van der Waals surface area contributed by atoms with Crippen LogP contribution in [-0.4, -0.2) is 35.3 Å². The molecule has 0 aromatic carbocycles. The van der Waals surface area contributed by atoms with E-state index in [1.807, 2.05) is 0 Å². The number of nitrogens with zero attached hydrogens (tertiary/aromatic N) is 2. The summed E-state index contributed by atoms with van der Waals surface area (Å²) in [7, 11) is -2.09. The predicted molar refractivity (Wildman–Crippen MR) is 64.7 cm³/mol. The van der Waals surface area contributed by atoms with Crippen molar-refractivity contribution in [2.24, 2.45) is 7.05 Å². The van der Waals surface area contributed by atoms with Gasteiger partial charge in [-0.15, -0.1) is 0 Å². The molecule has 1 unspecified atom stereocenters. The summed E-state index contributed by atoms with van der Waals surface area (Å²) in [5.41, 5.74) is 0.910. The summed E-state index contributed by atoms with van der Waals surface area (Å²) < 4.78 is 28.1. The van der Waals surface area contributed by atoms with E-state index in [2.05, 4.69) is 9.82 Å². The van der Waals surface area contributed by atoms with E-state index in [1.165, 1.54) is 11.6 Å². The van der Waals surface area contributed by atoms with Crippen LogP contribution in [0.1, 0.15) is 24.7 Å². The lowest BCUT2D eigenvalue weighted by molar-refractivity contribution is -0.137. The first-order chi connectivity index (χ1) is 8.15. The van der Waals surface area contributed by atoms with E-state index in [4.69, 9.17) is 5.11 Å². The molecule has 0 aliphatic carbocycles. The van der Waals surface area contributed by atoms with Gasteiger partial charge in [0.05, 0.1) is 17.8 Å². The van der Waals surface area contributed by atoms with Crippen LogP contribution in [0.3, 0.4) is 0 Å². The minimum atomic E-state index is -3.74. The second-order valence-electron chi connectivity index (χ2n) is 4.24. The molecule has 7 nitrogen and oxygen atoms in total. The van der Waals surface area contributed by atoms with Gasteiger partial charge in [0.2, 0.25) is 10.0 Å². The first-order valence-electron chi connectivity index (χ1n) is 5.39. The second kappa shape index (κ2) is 5.07. The number of hydrogen-bond acceptors (Lipinski definition) is 4. The Morgan fingerprint density at radius 2 is 2.06 bits per heavy atom. The summed E-state index contributed by atoms with van der Waals surface area (Å²) >= 11 is 0. The first-order valence-corrected chi connectivity index (χ1v) is 6.87. The Bertz CT molecular complexity index is 562. The van der Waals surface area contributed by atoms with Gasteiger partial charge in [-0.25, -0.2) is 13.1 Å². The predicted octanol–water partition coefficient (Wildman–Crippen LogP) is 0.178. The second-order valence-corrected chi connectivity index (χ2v) is 5.89. The van der Waals surface area contributed by atoms with Crippen LogP contribution in [-0.2, 0) is 21.9 Å². The molecule has 18 heavy (non-hydrogen) atoms. The Morgan fingerprint density at radius 1 is 1.50 bits per heavy atom. The number of aliphatic carboxylic acids is 1. The number of nitrogens with one attached hydrogen (secondary N) is 1. The van der Waals surface area contributed by atoms with E-state index in [0.29, 0.717) is 11.4 Å². The van der Waals surface area contributed by atoms with Crippen molar-refractivity contribution in [1.29, 1.82) is 0 Å². The molecule has 0 radical (unpaired) electrons. The highest BCUT2D eigenvalue weighted by Gasteiger charge is 2.25. The smallest absolute Gasteiger partial charge is 0.304 e. The van der Waals surface area contributed by atoms with Crippen LogP contribution in [0, 0.1) is 13.8 Å². The molecule has 0 saturated heterocycles. The van der Waals surface area contributed by atoms with E-state index >= 15 is 0 Å². The number of aromatic nitrogens is 2. The van der Waals surface area contributed by atoms with Gasteiger partial charge >= 0.3 is 5.97 Å². The van der Waals surface area contributed by atoms with Crippen molar-refractivity contribution in [3.63, 3.8) is 0 Å². The summed E-state index contributed by atoms with van der Waals surface area (Å²) in [5, 5.41) is 12.6. The lowest BCUT2D eigenvalue weighted by atomic mass is 10.3. The molecule has 8 heteroatoms. The monoisotopic (exact) mass is 275 g/mol. The molecule has 1 atom stereocenters. The average Bonchev–Trinajstić information content (AvgIpc) is 2.37. The highest BCUT2D eigenvalue weighted by molar-refractivity contribution is 7.89. The zero-order valence-corrected chi connectivity index (χ0v) is 11.6. The first kappa shape index (κ1) is 14.7. The van der Waals surface area contributed by atoms with Crippen molar-refractivity contribution in [3.8, 4) is 0 Å². The molecule has 0 spiro atoms. The quantitative estimate of drug-likeness (QED) is 0.798. The Hall–Kier alpha value is -1.41. The molecular formula is C10H17N3O4S. The number of carbonyl (C=O) groups is 1.